The minimum Gasteiger partial charge on any atom is -0.275 e. The van der Waals surface area contributed by atoms with Crippen LogP contribution in [0.15, 0.2) is 34.3 Å². The quantitative estimate of drug-likeness (QED) is 0.675. The van der Waals surface area contributed by atoms with Crippen molar-refractivity contribution in [1.82, 2.24) is 10.2 Å². The molecule has 0 saturated heterocycles. The van der Waals surface area contributed by atoms with E-state index < -0.39 is 5.56 Å². The van der Waals surface area contributed by atoms with Gasteiger partial charge in [-0.2, -0.15) is 10.2 Å². The molecule has 5 nitrogen and oxygen atoms in total. The number of aromatic nitrogens is 2. The minimum atomic E-state index is -0.489. The lowest BCUT2D eigenvalue weighted by Gasteiger charge is -2.01. The maximum absolute atomic E-state index is 11.2. The second-order valence-corrected chi connectivity index (χ2v) is 4.66. The summed E-state index contributed by atoms with van der Waals surface area (Å²) in [7, 11) is 0. The van der Waals surface area contributed by atoms with Crippen molar-refractivity contribution in [3.8, 4) is 0 Å². The van der Waals surface area contributed by atoms with Crippen LogP contribution < -0.4 is 11.0 Å². The Morgan fingerprint density at radius 2 is 2.05 bits per heavy atom. The molecule has 1 heterocycles. The van der Waals surface area contributed by atoms with Gasteiger partial charge in [-0.05, 0) is 17.7 Å². The highest BCUT2D eigenvalue weighted by atomic mass is 35.5. The fraction of sp³-hybridized carbons (Fsp3) is 0. The SMILES string of the molecule is O=c1[nH]ncc(N/N=C\c2ccc(Cl)c(Cl)c2)c1Cl. The molecule has 0 amide bonds. The highest BCUT2D eigenvalue weighted by Gasteiger charge is 2.03. The van der Waals surface area contributed by atoms with Gasteiger partial charge in [0.2, 0.25) is 0 Å². The fourth-order valence-corrected chi connectivity index (χ4v) is 1.67. The van der Waals surface area contributed by atoms with Crippen LogP contribution in [0.5, 0.6) is 0 Å². The molecule has 0 saturated carbocycles. The number of hydrogen-bond donors (Lipinski definition) is 2. The first-order valence-corrected chi connectivity index (χ1v) is 6.18. The zero-order valence-electron chi connectivity index (χ0n) is 9.32. The number of rotatable bonds is 3. The lowest BCUT2D eigenvalue weighted by Crippen LogP contribution is -2.10. The first-order valence-electron chi connectivity index (χ1n) is 5.05. The van der Waals surface area contributed by atoms with Gasteiger partial charge in [-0.15, -0.1) is 0 Å². The highest BCUT2D eigenvalue weighted by Crippen LogP contribution is 2.22. The van der Waals surface area contributed by atoms with Crippen LogP contribution in [0.1, 0.15) is 5.56 Å². The van der Waals surface area contributed by atoms with Crippen molar-refractivity contribution in [2.45, 2.75) is 0 Å². The zero-order chi connectivity index (χ0) is 13.8. The molecule has 0 aliphatic carbocycles. The molecule has 0 radical (unpaired) electrons. The number of nitrogens with one attached hydrogen (secondary N) is 2. The maximum Gasteiger partial charge on any atom is 0.285 e. The number of hydrazone groups is 1. The Labute approximate surface area is 123 Å². The zero-order valence-corrected chi connectivity index (χ0v) is 11.6. The summed E-state index contributed by atoms with van der Waals surface area (Å²) in [4.78, 5) is 11.2. The molecule has 19 heavy (non-hydrogen) atoms. The molecule has 1 aromatic carbocycles. The van der Waals surface area contributed by atoms with Gasteiger partial charge in [-0.3, -0.25) is 10.2 Å². The topological polar surface area (TPSA) is 70.1 Å². The summed E-state index contributed by atoms with van der Waals surface area (Å²) in [5, 5.41) is 10.6. The second-order valence-electron chi connectivity index (χ2n) is 3.47. The minimum absolute atomic E-state index is 0.0127. The molecule has 0 atom stereocenters. The molecule has 0 fully saturated rings. The van der Waals surface area contributed by atoms with Crippen molar-refractivity contribution >= 4 is 46.7 Å². The number of benzene rings is 1. The van der Waals surface area contributed by atoms with Gasteiger partial charge in [0.25, 0.3) is 5.56 Å². The molecule has 2 N–H and O–H groups in total. The van der Waals surface area contributed by atoms with E-state index in [0.29, 0.717) is 15.7 Å². The molecule has 1 aromatic heterocycles. The molecule has 8 heteroatoms. The van der Waals surface area contributed by atoms with Crippen molar-refractivity contribution in [2.75, 3.05) is 5.43 Å². The van der Waals surface area contributed by atoms with Gasteiger partial charge in [0.15, 0.2) is 0 Å². The first kappa shape index (κ1) is 13.9. The molecule has 0 aliphatic heterocycles. The van der Waals surface area contributed by atoms with E-state index in [9.17, 15) is 4.79 Å². The smallest absolute Gasteiger partial charge is 0.275 e. The number of aromatic amines is 1. The molecular weight excluding hydrogens is 311 g/mol. The number of halogens is 3. The molecule has 0 unspecified atom stereocenters. The van der Waals surface area contributed by atoms with Gasteiger partial charge < -0.3 is 0 Å². The average molecular weight is 318 g/mol. The highest BCUT2D eigenvalue weighted by molar-refractivity contribution is 6.42. The predicted molar refractivity (Wildman–Crippen MR) is 77.5 cm³/mol. The normalized spacial score (nSPS) is 10.9. The van der Waals surface area contributed by atoms with Gasteiger partial charge in [-0.1, -0.05) is 40.9 Å². The summed E-state index contributed by atoms with van der Waals surface area (Å²) in [6.07, 6.45) is 2.87. The second kappa shape index (κ2) is 6.06. The van der Waals surface area contributed by atoms with Crippen molar-refractivity contribution < 1.29 is 0 Å². The van der Waals surface area contributed by atoms with Crippen LogP contribution in [0.4, 0.5) is 5.69 Å². The van der Waals surface area contributed by atoms with Gasteiger partial charge >= 0.3 is 0 Å². The maximum atomic E-state index is 11.2. The van der Waals surface area contributed by atoms with Crippen LogP contribution in [0.25, 0.3) is 0 Å². The molecule has 98 valence electrons. The van der Waals surface area contributed by atoms with E-state index in [2.05, 4.69) is 20.7 Å². The molecule has 2 rings (SSSR count). The van der Waals surface area contributed by atoms with Gasteiger partial charge in [0.05, 0.1) is 22.5 Å². The summed E-state index contributed by atoms with van der Waals surface area (Å²) < 4.78 is 0. The van der Waals surface area contributed by atoms with Crippen LogP contribution in [-0.2, 0) is 0 Å². The summed E-state index contributed by atoms with van der Waals surface area (Å²) >= 11 is 17.4. The Hall–Kier alpha value is -1.56. The van der Waals surface area contributed by atoms with Crippen molar-refractivity contribution in [3.63, 3.8) is 0 Å². The van der Waals surface area contributed by atoms with Crippen molar-refractivity contribution in [2.24, 2.45) is 5.10 Å². The van der Waals surface area contributed by atoms with E-state index >= 15 is 0 Å². The summed E-state index contributed by atoms with van der Waals surface area (Å²) in [5.41, 5.74) is 3.18. The van der Waals surface area contributed by atoms with E-state index in [1.165, 1.54) is 12.4 Å². The molecular formula is C11H7Cl3N4O. The monoisotopic (exact) mass is 316 g/mol. The third-order valence-corrected chi connectivity index (χ3v) is 3.25. The fourth-order valence-electron chi connectivity index (χ4n) is 1.23. The lowest BCUT2D eigenvalue weighted by molar-refractivity contribution is 0.987. The van der Waals surface area contributed by atoms with E-state index in [-0.39, 0.29) is 5.02 Å². The van der Waals surface area contributed by atoms with Gasteiger partial charge in [-0.25, -0.2) is 5.10 Å². The van der Waals surface area contributed by atoms with Crippen LogP contribution in [0.3, 0.4) is 0 Å². The molecule has 0 bridgehead atoms. The van der Waals surface area contributed by atoms with E-state index in [0.717, 1.165) is 5.56 Å². The summed E-state index contributed by atoms with van der Waals surface area (Å²) in [6, 6.07) is 5.07. The summed E-state index contributed by atoms with van der Waals surface area (Å²) in [6.45, 7) is 0. The Morgan fingerprint density at radius 1 is 1.26 bits per heavy atom. The predicted octanol–water partition coefficient (Wildman–Crippen LogP) is 3.18. The Balaban J connectivity index is 2.13. The first-order chi connectivity index (χ1) is 9.08. The van der Waals surface area contributed by atoms with Crippen LogP contribution in [-0.4, -0.2) is 16.4 Å². The number of hydrogen-bond acceptors (Lipinski definition) is 4. The number of anilines is 1. The van der Waals surface area contributed by atoms with E-state index in [1.54, 1.807) is 18.2 Å². The van der Waals surface area contributed by atoms with E-state index in [1.807, 2.05) is 0 Å². The van der Waals surface area contributed by atoms with Gasteiger partial charge in [0, 0.05) is 0 Å². The number of H-pyrrole nitrogens is 1. The Morgan fingerprint density at radius 3 is 2.79 bits per heavy atom. The van der Waals surface area contributed by atoms with Crippen LogP contribution in [0.2, 0.25) is 15.1 Å². The van der Waals surface area contributed by atoms with Gasteiger partial charge in [0.1, 0.15) is 10.7 Å². The number of nitrogens with zero attached hydrogens (tertiary/aromatic N) is 2. The third-order valence-electron chi connectivity index (χ3n) is 2.14. The average Bonchev–Trinajstić information content (AvgIpc) is 2.39. The Kier molecular flexibility index (Phi) is 4.42. The van der Waals surface area contributed by atoms with Crippen LogP contribution in [0, 0.1) is 0 Å². The lowest BCUT2D eigenvalue weighted by atomic mass is 10.2. The van der Waals surface area contributed by atoms with Crippen molar-refractivity contribution in [3.05, 3.63) is 55.4 Å². The largest absolute Gasteiger partial charge is 0.285 e. The molecule has 0 aliphatic rings. The van der Waals surface area contributed by atoms with E-state index in [4.69, 9.17) is 34.8 Å². The van der Waals surface area contributed by atoms with Crippen LogP contribution >= 0.6 is 34.8 Å². The summed E-state index contributed by atoms with van der Waals surface area (Å²) in [5.74, 6) is 0. The molecule has 0 spiro atoms. The molecule has 2 aromatic rings. The Bertz CT molecular complexity index is 684. The van der Waals surface area contributed by atoms with Crippen molar-refractivity contribution in [1.29, 1.82) is 0 Å². The third kappa shape index (κ3) is 3.47. The standard InChI is InChI=1S/C11H7Cl3N4O/c12-7-2-1-6(3-8(7)13)4-15-17-9-5-16-18-11(19)10(9)14/h1-5H,(H2,17,18,19)/b15-4-.